The molecular weight excluding hydrogens is 450 g/mol. The standard InChI is InChI=1S/C18H21FN4O2.HI/c1-20-18(21-11-13-6-8-16(25-2)9-7-13)22-12-17(24)23-15-5-3-4-14(19)10-15;/h3-10H,11-12H2,1-2H3,(H,23,24)(H2,20,21,22);1H. The van der Waals surface area contributed by atoms with Crippen molar-refractivity contribution in [2.45, 2.75) is 6.54 Å². The van der Waals surface area contributed by atoms with Crippen molar-refractivity contribution in [3.8, 4) is 5.75 Å². The maximum Gasteiger partial charge on any atom is 0.243 e. The van der Waals surface area contributed by atoms with Gasteiger partial charge in [-0.1, -0.05) is 18.2 Å². The summed E-state index contributed by atoms with van der Waals surface area (Å²) in [6.07, 6.45) is 0. The minimum Gasteiger partial charge on any atom is -0.497 e. The van der Waals surface area contributed by atoms with Crippen LogP contribution in [0.5, 0.6) is 5.75 Å². The van der Waals surface area contributed by atoms with Gasteiger partial charge in [-0.25, -0.2) is 4.39 Å². The van der Waals surface area contributed by atoms with Gasteiger partial charge in [0, 0.05) is 19.3 Å². The molecule has 0 unspecified atom stereocenters. The first-order valence-electron chi connectivity index (χ1n) is 7.73. The summed E-state index contributed by atoms with van der Waals surface area (Å²) in [7, 11) is 3.24. The van der Waals surface area contributed by atoms with Crippen LogP contribution in [0.3, 0.4) is 0 Å². The number of nitrogens with one attached hydrogen (secondary N) is 3. The molecule has 26 heavy (non-hydrogen) atoms. The number of aliphatic imine (C=N–C) groups is 1. The average Bonchev–Trinajstić information content (AvgIpc) is 2.62. The molecule has 2 aromatic carbocycles. The number of amides is 1. The minimum absolute atomic E-state index is 0. The number of carbonyl (C=O) groups is 1. The molecule has 0 aliphatic heterocycles. The van der Waals surface area contributed by atoms with Gasteiger partial charge in [0.25, 0.3) is 0 Å². The van der Waals surface area contributed by atoms with Crippen molar-refractivity contribution in [1.82, 2.24) is 10.6 Å². The summed E-state index contributed by atoms with van der Waals surface area (Å²) in [6.45, 7) is 0.563. The SMILES string of the molecule is CN=C(NCC(=O)Nc1cccc(F)c1)NCc1ccc(OC)cc1.I. The van der Waals surface area contributed by atoms with E-state index in [1.165, 1.54) is 18.2 Å². The smallest absolute Gasteiger partial charge is 0.243 e. The van der Waals surface area contributed by atoms with E-state index in [2.05, 4.69) is 20.9 Å². The van der Waals surface area contributed by atoms with Crippen LogP contribution in [-0.4, -0.2) is 32.6 Å². The summed E-state index contributed by atoms with van der Waals surface area (Å²) in [6, 6.07) is 13.4. The Morgan fingerprint density at radius 1 is 1.15 bits per heavy atom. The normalized spacial score (nSPS) is 10.5. The van der Waals surface area contributed by atoms with Crippen molar-refractivity contribution < 1.29 is 13.9 Å². The molecule has 2 rings (SSSR count). The van der Waals surface area contributed by atoms with Crippen LogP contribution in [0.4, 0.5) is 10.1 Å². The molecule has 0 fully saturated rings. The van der Waals surface area contributed by atoms with E-state index in [0.29, 0.717) is 18.2 Å². The highest BCUT2D eigenvalue weighted by molar-refractivity contribution is 14.0. The number of anilines is 1. The second-order valence-corrected chi connectivity index (χ2v) is 5.19. The van der Waals surface area contributed by atoms with Crippen LogP contribution in [0.1, 0.15) is 5.56 Å². The summed E-state index contributed by atoms with van der Waals surface area (Å²) >= 11 is 0. The van der Waals surface area contributed by atoms with Gasteiger partial charge < -0.3 is 20.7 Å². The number of carbonyl (C=O) groups excluding carboxylic acids is 1. The Hall–Kier alpha value is -2.36. The maximum atomic E-state index is 13.1. The van der Waals surface area contributed by atoms with Crippen molar-refractivity contribution in [2.75, 3.05) is 26.0 Å². The van der Waals surface area contributed by atoms with Crippen LogP contribution in [0.25, 0.3) is 0 Å². The highest BCUT2D eigenvalue weighted by Gasteiger charge is 2.05. The Labute approximate surface area is 169 Å². The maximum absolute atomic E-state index is 13.1. The van der Waals surface area contributed by atoms with Gasteiger partial charge in [0.05, 0.1) is 13.7 Å². The van der Waals surface area contributed by atoms with E-state index in [4.69, 9.17) is 4.74 Å². The molecule has 0 saturated carbocycles. The molecule has 8 heteroatoms. The topological polar surface area (TPSA) is 74.8 Å². The molecular formula is C18H22FIN4O2. The fourth-order valence-electron chi connectivity index (χ4n) is 2.09. The summed E-state index contributed by atoms with van der Waals surface area (Å²) in [5, 5.41) is 8.63. The van der Waals surface area contributed by atoms with Gasteiger partial charge in [-0.05, 0) is 35.9 Å². The number of guanidine groups is 1. The van der Waals surface area contributed by atoms with E-state index < -0.39 is 5.82 Å². The molecule has 0 heterocycles. The highest BCUT2D eigenvalue weighted by Crippen LogP contribution is 2.11. The Kier molecular flexibility index (Phi) is 9.42. The molecule has 3 N–H and O–H groups in total. The van der Waals surface area contributed by atoms with Gasteiger partial charge in [-0.15, -0.1) is 24.0 Å². The van der Waals surface area contributed by atoms with Gasteiger partial charge in [0.1, 0.15) is 11.6 Å². The summed E-state index contributed by atoms with van der Waals surface area (Å²) < 4.78 is 18.2. The quantitative estimate of drug-likeness (QED) is 0.344. The predicted octanol–water partition coefficient (Wildman–Crippen LogP) is 2.76. The largest absolute Gasteiger partial charge is 0.497 e. The van der Waals surface area contributed by atoms with E-state index in [1.54, 1.807) is 20.2 Å². The lowest BCUT2D eigenvalue weighted by Gasteiger charge is -2.12. The molecule has 0 bridgehead atoms. The third kappa shape index (κ3) is 7.26. The number of methoxy groups -OCH3 is 1. The van der Waals surface area contributed by atoms with Crippen LogP contribution in [0.2, 0.25) is 0 Å². The number of ether oxygens (including phenoxy) is 1. The van der Waals surface area contributed by atoms with E-state index in [1.807, 2.05) is 24.3 Å². The first-order valence-corrected chi connectivity index (χ1v) is 7.73. The zero-order valence-corrected chi connectivity index (χ0v) is 16.9. The van der Waals surface area contributed by atoms with Crippen LogP contribution < -0.4 is 20.7 Å². The van der Waals surface area contributed by atoms with E-state index in [0.717, 1.165) is 11.3 Å². The molecule has 0 aliphatic rings. The third-order valence-corrected chi connectivity index (χ3v) is 3.37. The number of hydrogen-bond donors (Lipinski definition) is 3. The van der Waals surface area contributed by atoms with Crippen LogP contribution >= 0.6 is 24.0 Å². The molecule has 0 radical (unpaired) electrons. The van der Waals surface area contributed by atoms with E-state index in [-0.39, 0.29) is 36.4 Å². The number of benzene rings is 2. The first kappa shape index (κ1) is 21.7. The lowest BCUT2D eigenvalue weighted by Crippen LogP contribution is -2.41. The Bertz CT molecular complexity index is 738. The fourth-order valence-corrected chi connectivity index (χ4v) is 2.09. The fraction of sp³-hybridized carbons (Fsp3) is 0.222. The number of nitrogens with zero attached hydrogens (tertiary/aromatic N) is 1. The van der Waals surface area contributed by atoms with Crippen molar-refractivity contribution in [3.05, 3.63) is 59.9 Å². The lowest BCUT2D eigenvalue weighted by atomic mass is 10.2. The molecule has 0 atom stereocenters. The van der Waals surface area contributed by atoms with Crippen molar-refractivity contribution in [2.24, 2.45) is 4.99 Å². The summed E-state index contributed by atoms with van der Waals surface area (Å²) in [5.41, 5.74) is 1.46. The van der Waals surface area contributed by atoms with Crippen LogP contribution in [0.15, 0.2) is 53.5 Å². The lowest BCUT2D eigenvalue weighted by molar-refractivity contribution is -0.115. The summed E-state index contributed by atoms with van der Waals surface area (Å²) in [4.78, 5) is 16.0. The Balaban J connectivity index is 0.00000338. The van der Waals surface area contributed by atoms with Gasteiger partial charge in [-0.2, -0.15) is 0 Å². The van der Waals surface area contributed by atoms with Crippen LogP contribution in [-0.2, 0) is 11.3 Å². The number of rotatable bonds is 6. The molecule has 0 saturated heterocycles. The van der Waals surface area contributed by atoms with Gasteiger partial charge in [0.15, 0.2) is 5.96 Å². The summed E-state index contributed by atoms with van der Waals surface area (Å²) in [5.74, 6) is 0.589. The average molecular weight is 472 g/mol. The second-order valence-electron chi connectivity index (χ2n) is 5.19. The third-order valence-electron chi connectivity index (χ3n) is 3.37. The van der Waals surface area contributed by atoms with Gasteiger partial charge in [0.2, 0.25) is 5.91 Å². The Morgan fingerprint density at radius 2 is 1.88 bits per heavy atom. The molecule has 2 aromatic rings. The van der Waals surface area contributed by atoms with Crippen LogP contribution in [0, 0.1) is 5.82 Å². The van der Waals surface area contributed by atoms with Gasteiger partial charge in [-0.3, -0.25) is 9.79 Å². The minimum atomic E-state index is -0.400. The van der Waals surface area contributed by atoms with E-state index >= 15 is 0 Å². The zero-order chi connectivity index (χ0) is 18.1. The molecule has 6 nitrogen and oxygen atoms in total. The zero-order valence-electron chi connectivity index (χ0n) is 14.6. The molecule has 0 aromatic heterocycles. The van der Waals surface area contributed by atoms with Crippen molar-refractivity contribution in [1.29, 1.82) is 0 Å². The van der Waals surface area contributed by atoms with Crippen molar-refractivity contribution in [3.63, 3.8) is 0 Å². The highest BCUT2D eigenvalue weighted by atomic mass is 127. The molecule has 0 spiro atoms. The Morgan fingerprint density at radius 3 is 2.50 bits per heavy atom. The monoisotopic (exact) mass is 472 g/mol. The molecule has 0 aliphatic carbocycles. The van der Waals surface area contributed by atoms with Crippen molar-refractivity contribution >= 4 is 41.5 Å². The molecule has 1 amide bonds. The van der Waals surface area contributed by atoms with Gasteiger partial charge >= 0.3 is 0 Å². The van der Waals surface area contributed by atoms with E-state index in [9.17, 15) is 9.18 Å². The second kappa shape index (κ2) is 11.3. The predicted molar refractivity (Wildman–Crippen MR) is 112 cm³/mol. The number of halogens is 2. The number of hydrogen-bond acceptors (Lipinski definition) is 3. The first-order chi connectivity index (χ1) is 12.1. The molecule has 140 valence electrons.